The fourth-order valence-corrected chi connectivity index (χ4v) is 25.8. The highest BCUT2D eigenvalue weighted by Crippen LogP contribution is 2.77. The molecular formula is C102H164O48. The van der Waals surface area contributed by atoms with Gasteiger partial charge in [0.05, 0.1) is 86.6 Å². The smallest absolute Gasteiger partial charge is 0.333 e. The summed E-state index contributed by atoms with van der Waals surface area (Å²) in [6.07, 6.45) is -68.0. The Labute approximate surface area is 869 Å². The molecule has 9 heterocycles. The number of allylic oxidation sites excluding steroid dienone is 3. The molecule has 0 radical (unpaired) electrons. The van der Waals surface area contributed by atoms with E-state index in [0.29, 0.717) is 38.5 Å². The van der Waals surface area contributed by atoms with Crippen molar-refractivity contribution in [3.05, 3.63) is 48.6 Å². The molecule has 0 bridgehead atoms. The van der Waals surface area contributed by atoms with Gasteiger partial charge in [-0.3, -0.25) is 9.59 Å². The molecule has 0 aromatic heterocycles. The first-order valence-corrected chi connectivity index (χ1v) is 52.4. The molecule has 1 unspecified atom stereocenters. The van der Waals surface area contributed by atoms with Gasteiger partial charge in [-0.15, -0.1) is 13.2 Å². The van der Waals surface area contributed by atoms with E-state index < -0.39 is 389 Å². The normalized spacial score (nSPS) is 49.2. The number of rotatable bonds is 36. The van der Waals surface area contributed by atoms with Gasteiger partial charge in [0.2, 0.25) is 6.29 Å². The Morgan fingerprint density at radius 3 is 1.53 bits per heavy atom. The predicted octanol–water partition coefficient (Wildman–Crippen LogP) is -5.07. The maximum Gasteiger partial charge on any atom is 0.333 e. The van der Waals surface area contributed by atoms with Crippen LogP contribution in [0, 0.1) is 56.2 Å². The number of fused-ring (bicyclic) bond motifs is 7. The van der Waals surface area contributed by atoms with Crippen molar-refractivity contribution in [3.8, 4) is 0 Å². The second-order valence-corrected chi connectivity index (χ2v) is 46.5. The molecule has 25 N–H and O–H groups in total. The molecule has 9 saturated heterocycles. The molecule has 4 saturated carbocycles. The topological polar surface area (TPSA) is 742 Å². The molecule has 150 heavy (non-hydrogen) atoms. The second-order valence-electron chi connectivity index (χ2n) is 46.5. The zero-order chi connectivity index (χ0) is 110. The van der Waals surface area contributed by atoms with Crippen LogP contribution in [-0.4, -0.2) is 473 Å². The summed E-state index contributed by atoms with van der Waals surface area (Å²) in [6, 6.07) is 0. The fraction of sp³-hybridized carbons (Fsp3) is 0.892. The van der Waals surface area contributed by atoms with Crippen molar-refractivity contribution in [3.63, 3.8) is 0 Å². The van der Waals surface area contributed by atoms with E-state index in [1.54, 1.807) is 26.8 Å². The molecule has 9 aliphatic heterocycles. The van der Waals surface area contributed by atoms with E-state index in [9.17, 15) is 132 Å². The van der Waals surface area contributed by atoms with Crippen LogP contribution in [0.1, 0.15) is 187 Å². The van der Waals surface area contributed by atoms with Gasteiger partial charge in [0.15, 0.2) is 62.5 Å². The molecule has 48 nitrogen and oxygen atoms in total. The monoisotopic (exact) mass is 2160 g/mol. The van der Waals surface area contributed by atoms with Crippen molar-refractivity contribution in [2.24, 2.45) is 56.2 Å². The Morgan fingerprint density at radius 2 is 0.940 bits per heavy atom. The molecule has 48 heteroatoms. The lowest BCUT2D eigenvalue weighted by atomic mass is 9.33. The zero-order valence-electron chi connectivity index (χ0n) is 87.2. The van der Waals surface area contributed by atoms with Crippen LogP contribution in [-0.2, 0) is 109 Å². The largest absolute Gasteiger partial charge is 0.462 e. The van der Waals surface area contributed by atoms with E-state index in [0.717, 1.165) is 5.57 Å². The first kappa shape index (κ1) is 121. The number of carbonyl (C=O) groups excluding carboxylic acids is 3. The van der Waals surface area contributed by atoms with Crippen molar-refractivity contribution < 1.29 is 237 Å². The van der Waals surface area contributed by atoms with Gasteiger partial charge in [0.25, 0.3) is 0 Å². The average Bonchev–Trinajstić information content (AvgIpc) is 0.678. The minimum Gasteiger partial charge on any atom is -0.462 e. The molecular weight excluding hydrogens is 1990 g/mol. The highest BCUT2D eigenvalue weighted by Gasteiger charge is 2.73. The van der Waals surface area contributed by atoms with Gasteiger partial charge in [0.1, 0.15) is 183 Å². The van der Waals surface area contributed by atoms with Crippen molar-refractivity contribution in [2.45, 2.75) is 474 Å². The summed E-state index contributed by atoms with van der Waals surface area (Å²) in [5.41, 5.74) is -6.92. The van der Waals surface area contributed by atoms with E-state index in [4.69, 9.17) is 94.7 Å². The Kier molecular flexibility index (Phi) is 38.7. The summed E-state index contributed by atoms with van der Waals surface area (Å²) >= 11 is 0. The summed E-state index contributed by atoms with van der Waals surface area (Å²) in [5, 5.41) is 279. The van der Waals surface area contributed by atoms with Crippen LogP contribution in [0.3, 0.4) is 0 Å². The fourth-order valence-electron chi connectivity index (χ4n) is 25.8. The van der Waals surface area contributed by atoms with E-state index in [2.05, 4.69) is 40.0 Å². The van der Waals surface area contributed by atoms with Crippen LogP contribution < -0.4 is 0 Å². The quantitative estimate of drug-likeness (QED) is 0.00918. The second kappa shape index (κ2) is 47.9. The molecule has 5 aliphatic carbocycles. The van der Waals surface area contributed by atoms with Gasteiger partial charge in [-0.1, -0.05) is 85.3 Å². The van der Waals surface area contributed by atoms with Gasteiger partial charge < -0.3 is 222 Å². The van der Waals surface area contributed by atoms with E-state index in [1.807, 2.05) is 27.7 Å². The van der Waals surface area contributed by atoms with Gasteiger partial charge in [-0.2, -0.15) is 0 Å². The number of aliphatic hydroxyl groups is 25. The molecule has 0 aromatic rings. The SMILES string of the molecule is C=C[C@@](C)(O)CC/C=C(\C)C(=O)O[C@H]1[C@H](O)[C@@H](O)[C@H](O[C@](C)(C=C)CCCC(C)C(=O)O[C@H]2C[C@]3(C(=O)O[C@@H]4O[C@H](CO)[C@@H](O)[C@H](O)[C@H]4O[C@@H]4O[C@@H](C)[C@H](O[C@@H]5O[C@@H](CO)[C@H](O)[C@H]5O)[C@@H](O[C@@H]5O[C@H](CO)[C@@H](O)[C@H](O)[C@H]5O)[C@H]4O)CC[C@]4(C)C(=CC[C@@H]5[C@@]6(C)CC[C@H](O[C@@H]7O[C@H](CO[C@@H]8O[C@H](C)[C@H](O)[C@H](O)[C@H]8O[C@@H]8OC[C@@H](O)[C@H](O)[C@H]8O)[C@@H](O)[C@H](O)[C@H]7O[C@@H]7O[C@H](CO)[C@@H](O)[C@H](O)[C@H]7O)C(C)(C)[C@@H]6CC[C@]54C)[C@@H]3CC2(C)C)O[C@@H]1C. The Balaban J connectivity index is 0.742. The highest BCUT2D eigenvalue weighted by atomic mass is 16.8. The van der Waals surface area contributed by atoms with Crippen LogP contribution in [0.25, 0.3) is 0 Å². The van der Waals surface area contributed by atoms with E-state index in [1.165, 1.54) is 39.8 Å². The third-order valence-electron chi connectivity index (χ3n) is 35.9. The Morgan fingerprint density at radius 1 is 0.460 bits per heavy atom. The van der Waals surface area contributed by atoms with Crippen LogP contribution in [0.2, 0.25) is 0 Å². The third-order valence-corrected chi connectivity index (χ3v) is 35.9. The lowest BCUT2D eigenvalue weighted by Gasteiger charge is -2.71. The van der Waals surface area contributed by atoms with Crippen molar-refractivity contribution in [1.29, 1.82) is 0 Å². The summed E-state index contributed by atoms with van der Waals surface area (Å²) in [6.45, 7) is 28.2. The van der Waals surface area contributed by atoms with E-state index in [-0.39, 0.29) is 68.8 Å². The number of esters is 3. The molecule has 0 spiro atoms. The van der Waals surface area contributed by atoms with Crippen LogP contribution in [0.4, 0.5) is 0 Å². The van der Waals surface area contributed by atoms with Crippen molar-refractivity contribution in [1.82, 2.24) is 0 Å². The number of carbonyl (C=O) groups is 3. The summed E-state index contributed by atoms with van der Waals surface area (Å²) in [5.74, 6) is -4.41. The number of aliphatic hydroxyl groups excluding tert-OH is 24. The average molecular weight is 2160 g/mol. The predicted molar refractivity (Wildman–Crippen MR) is 507 cm³/mol. The third kappa shape index (κ3) is 23.7. The molecule has 0 aromatic carbocycles. The lowest BCUT2D eigenvalue weighted by molar-refractivity contribution is -0.390. The first-order chi connectivity index (χ1) is 70.3. The van der Waals surface area contributed by atoms with Crippen LogP contribution in [0.15, 0.2) is 48.6 Å². The standard InChI is InChI=1S/C102H164O48/c1-17-97(12,130)27-19-21-42(4)84(128)143-77-44(6)135-90(75(125)70(77)120)150-98(13,18-2)28-20-22-41(3)83(127)141-57-34-102(94(129)149-93-82(68(118)62(112)51(37-105)139-93)148-89-76(126)79(145-87-73(123)65(115)60(110)49(35-103)136-87)78(45(7)134-89)144-86-72(122)63(113)52(38-106)138-86)32-31-100(15)46(47(102)33-95(57,8)9)23-24-55-99(14)29-26-56(96(10,11)54(99)25-30-101(55,100)16)142-92-81(147-88-74(124)66(116)61(111)50(36-104)137-88)69(119)64(114)53(140-92)40-132-91-80(67(117)58(108)43(5)133-91)146-85-71(121)59(109)48(107)39-131-85/h17-18,21,23,41,43-45,47-82,85-93,103-126,130H,1-2,19-20,22,24-40H2,3-16H3/b42-21+/t41?,43-,44-,45+,47+,48-,49-,50-,51-,52+,53-,54+,55-,56+,57+,58+,59+,60-,61-,62-,63+,64-,65+,66+,67+,68+,69+,70-,71-,72-,73-,74-,75-,76-,77-,78+,79+,80-,81-,82-,85+,86+,87+,88+,89+,90+,91-,92+,93+,97-,98-,99+,100-,101-,102-/m1/s1. The Hall–Kier alpha value is -4.31. The summed E-state index contributed by atoms with van der Waals surface area (Å²) in [4.78, 5) is 45.4. The molecule has 55 atom stereocenters. The number of ether oxygens (including phenoxy) is 20. The highest BCUT2D eigenvalue weighted by molar-refractivity contribution is 5.88. The van der Waals surface area contributed by atoms with Crippen molar-refractivity contribution >= 4 is 17.9 Å². The van der Waals surface area contributed by atoms with Gasteiger partial charge in [0, 0.05) is 17.4 Å². The maximum atomic E-state index is 16.9. The van der Waals surface area contributed by atoms with E-state index >= 15 is 9.59 Å². The first-order valence-electron chi connectivity index (χ1n) is 52.4. The minimum atomic E-state index is -2.25. The lowest BCUT2D eigenvalue weighted by Crippen LogP contribution is -2.68. The van der Waals surface area contributed by atoms with Gasteiger partial charge in [-0.25, -0.2) is 4.79 Å². The summed E-state index contributed by atoms with van der Waals surface area (Å²) < 4.78 is 124. The number of hydrogen-bond donors (Lipinski definition) is 25. The molecule has 13 fully saturated rings. The molecule has 0 amide bonds. The molecule has 14 aliphatic rings. The zero-order valence-corrected chi connectivity index (χ0v) is 87.2. The van der Waals surface area contributed by atoms with Crippen LogP contribution >= 0.6 is 0 Å². The summed E-state index contributed by atoms with van der Waals surface area (Å²) in [7, 11) is 0. The maximum absolute atomic E-state index is 16.9. The van der Waals surface area contributed by atoms with Crippen molar-refractivity contribution in [2.75, 3.05) is 39.6 Å². The minimum absolute atomic E-state index is 0.0139. The number of hydrogen-bond acceptors (Lipinski definition) is 48. The van der Waals surface area contributed by atoms with Gasteiger partial charge >= 0.3 is 17.9 Å². The Bertz CT molecular complexity index is 4550. The molecule has 860 valence electrons. The molecule has 14 rings (SSSR count). The van der Waals surface area contributed by atoms with Crippen LogP contribution in [0.5, 0.6) is 0 Å². The van der Waals surface area contributed by atoms with Gasteiger partial charge in [-0.05, 0) is 164 Å².